The van der Waals surface area contributed by atoms with Crippen LogP contribution < -0.4 is 10.6 Å². The van der Waals surface area contributed by atoms with Gasteiger partial charge in [0.15, 0.2) is 0 Å². The quantitative estimate of drug-likeness (QED) is 0.605. The second kappa shape index (κ2) is 8.09. The van der Waals surface area contributed by atoms with Crippen molar-refractivity contribution >= 4 is 34.9 Å². The van der Waals surface area contributed by atoms with Gasteiger partial charge in [0.1, 0.15) is 11.4 Å². The molecule has 26 heavy (non-hydrogen) atoms. The van der Waals surface area contributed by atoms with Gasteiger partial charge < -0.3 is 15.7 Å². The summed E-state index contributed by atoms with van der Waals surface area (Å²) in [6.45, 7) is 0. The Hall–Kier alpha value is -3.45. The number of thiophene rings is 1. The zero-order valence-corrected chi connectivity index (χ0v) is 14.4. The lowest BCUT2D eigenvalue weighted by molar-refractivity contribution is -0.113. The summed E-state index contributed by atoms with van der Waals surface area (Å²) in [6, 6.07) is 13.1. The van der Waals surface area contributed by atoms with Gasteiger partial charge in [0.2, 0.25) is 0 Å². The van der Waals surface area contributed by atoms with E-state index in [0.717, 1.165) is 0 Å². The van der Waals surface area contributed by atoms with E-state index in [4.69, 9.17) is 0 Å². The minimum Gasteiger partial charge on any atom is -0.508 e. The van der Waals surface area contributed by atoms with Gasteiger partial charge in [0, 0.05) is 24.1 Å². The summed E-state index contributed by atoms with van der Waals surface area (Å²) < 4.78 is 0. The molecule has 0 atom stereocenters. The molecule has 1 aromatic carbocycles. The third kappa shape index (κ3) is 4.55. The maximum atomic E-state index is 12.6. The number of aromatic nitrogens is 1. The Morgan fingerprint density at radius 3 is 2.69 bits per heavy atom. The average molecular weight is 365 g/mol. The van der Waals surface area contributed by atoms with E-state index in [-0.39, 0.29) is 17.4 Å². The molecular formula is C19H15N3O3S. The summed E-state index contributed by atoms with van der Waals surface area (Å²) >= 11 is 1.28. The van der Waals surface area contributed by atoms with Gasteiger partial charge in [0.25, 0.3) is 11.8 Å². The van der Waals surface area contributed by atoms with Gasteiger partial charge in [-0.3, -0.25) is 14.6 Å². The molecule has 0 radical (unpaired) electrons. The molecule has 0 saturated heterocycles. The smallest absolute Gasteiger partial charge is 0.272 e. The lowest BCUT2D eigenvalue weighted by Gasteiger charge is -2.11. The summed E-state index contributed by atoms with van der Waals surface area (Å²) in [6.07, 6.45) is 4.74. The number of nitrogens with one attached hydrogen (secondary N) is 2. The molecule has 0 aliphatic heterocycles. The highest BCUT2D eigenvalue weighted by Crippen LogP contribution is 2.17. The lowest BCUT2D eigenvalue weighted by Crippen LogP contribution is -2.30. The molecule has 0 unspecified atom stereocenters. The maximum absolute atomic E-state index is 12.6. The molecule has 2 aromatic heterocycles. The number of phenols is 1. The molecular weight excluding hydrogens is 350 g/mol. The van der Waals surface area contributed by atoms with Gasteiger partial charge in [-0.15, -0.1) is 11.3 Å². The molecule has 7 heteroatoms. The van der Waals surface area contributed by atoms with Gasteiger partial charge in [-0.05, 0) is 41.3 Å². The van der Waals surface area contributed by atoms with Gasteiger partial charge in [0.05, 0.1) is 4.88 Å². The number of aromatic hydroxyl groups is 1. The molecule has 0 saturated carbocycles. The van der Waals surface area contributed by atoms with Crippen molar-refractivity contribution in [1.82, 2.24) is 10.3 Å². The van der Waals surface area contributed by atoms with Crippen molar-refractivity contribution in [2.75, 3.05) is 5.32 Å². The van der Waals surface area contributed by atoms with Crippen LogP contribution in [0.3, 0.4) is 0 Å². The molecule has 0 fully saturated rings. The second-order valence-corrected chi connectivity index (χ2v) is 6.23. The van der Waals surface area contributed by atoms with Crippen molar-refractivity contribution in [3.8, 4) is 5.75 Å². The SMILES string of the molecule is O=C(Nc1cccc(O)c1)/C(=C\c1cccnc1)NC(=O)c1cccs1. The van der Waals surface area contributed by atoms with Gasteiger partial charge in [-0.2, -0.15) is 0 Å². The van der Waals surface area contributed by atoms with Gasteiger partial charge >= 0.3 is 0 Å². The number of hydrogen-bond donors (Lipinski definition) is 3. The van der Waals surface area contributed by atoms with Crippen LogP contribution in [0.1, 0.15) is 15.2 Å². The Balaban J connectivity index is 1.85. The Bertz CT molecular complexity index is 938. The third-order valence-corrected chi connectivity index (χ3v) is 4.21. The van der Waals surface area contributed by atoms with Crippen LogP contribution in [0.25, 0.3) is 6.08 Å². The predicted molar refractivity (Wildman–Crippen MR) is 101 cm³/mol. The molecule has 3 rings (SSSR count). The van der Waals surface area contributed by atoms with E-state index in [0.29, 0.717) is 16.1 Å². The molecule has 0 aliphatic rings. The minimum atomic E-state index is -0.510. The predicted octanol–water partition coefficient (Wildman–Crippen LogP) is 3.26. The Morgan fingerprint density at radius 2 is 2.00 bits per heavy atom. The summed E-state index contributed by atoms with van der Waals surface area (Å²) in [5.41, 5.74) is 1.15. The van der Waals surface area contributed by atoms with E-state index >= 15 is 0 Å². The Kier molecular flexibility index (Phi) is 5.40. The first-order valence-electron chi connectivity index (χ1n) is 7.69. The standard InChI is InChI=1S/C19H15N3O3S/c23-15-6-1-5-14(11-15)21-18(24)16(10-13-4-2-8-20-12-13)22-19(25)17-7-3-9-26-17/h1-12,23H,(H,21,24)(H,22,25)/b16-10+. The summed E-state index contributed by atoms with van der Waals surface area (Å²) in [5.74, 6) is -0.853. The van der Waals surface area contributed by atoms with E-state index in [2.05, 4.69) is 15.6 Å². The van der Waals surface area contributed by atoms with E-state index < -0.39 is 5.91 Å². The fraction of sp³-hybridized carbons (Fsp3) is 0. The molecule has 0 aliphatic carbocycles. The topological polar surface area (TPSA) is 91.3 Å². The molecule has 6 nitrogen and oxygen atoms in total. The number of hydrogen-bond acceptors (Lipinski definition) is 5. The van der Waals surface area contributed by atoms with Crippen molar-refractivity contribution in [1.29, 1.82) is 0 Å². The largest absolute Gasteiger partial charge is 0.508 e. The number of rotatable bonds is 5. The van der Waals surface area contributed by atoms with E-state index in [1.165, 1.54) is 29.5 Å². The number of amides is 2. The fourth-order valence-electron chi connectivity index (χ4n) is 2.16. The minimum absolute atomic E-state index is 0.0308. The summed E-state index contributed by atoms with van der Waals surface area (Å²) in [7, 11) is 0. The van der Waals surface area contributed by atoms with Crippen molar-refractivity contribution in [3.63, 3.8) is 0 Å². The van der Waals surface area contributed by atoms with Crippen LogP contribution in [-0.4, -0.2) is 21.9 Å². The van der Waals surface area contributed by atoms with Crippen LogP contribution in [-0.2, 0) is 4.79 Å². The zero-order chi connectivity index (χ0) is 18.4. The summed E-state index contributed by atoms with van der Waals surface area (Å²) in [4.78, 5) is 29.5. The number of benzene rings is 1. The number of nitrogens with zero attached hydrogens (tertiary/aromatic N) is 1. The monoisotopic (exact) mass is 365 g/mol. The Labute approximate surface area is 153 Å². The van der Waals surface area contributed by atoms with E-state index in [1.54, 1.807) is 54.2 Å². The molecule has 2 heterocycles. The van der Waals surface area contributed by atoms with Crippen molar-refractivity contribution in [2.45, 2.75) is 0 Å². The van der Waals surface area contributed by atoms with Gasteiger partial charge in [-0.25, -0.2) is 0 Å². The molecule has 2 amide bonds. The van der Waals surface area contributed by atoms with Crippen LogP contribution in [0.15, 0.2) is 72.0 Å². The Morgan fingerprint density at radius 1 is 1.12 bits per heavy atom. The number of pyridine rings is 1. The zero-order valence-electron chi connectivity index (χ0n) is 13.5. The molecule has 3 N–H and O–H groups in total. The van der Waals surface area contributed by atoms with E-state index in [9.17, 15) is 14.7 Å². The van der Waals surface area contributed by atoms with Crippen molar-refractivity contribution < 1.29 is 14.7 Å². The van der Waals surface area contributed by atoms with Crippen LogP contribution in [0, 0.1) is 0 Å². The fourth-order valence-corrected chi connectivity index (χ4v) is 2.78. The average Bonchev–Trinajstić information content (AvgIpc) is 3.17. The second-order valence-electron chi connectivity index (χ2n) is 5.28. The first-order chi connectivity index (χ1) is 12.6. The number of anilines is 1. The molecule has 0 bridgehead atoms. The van der Waals surface area contributed by atoms with Crippen LogP contribution in [0.4, 0.5) is 5.69 Å². The van der Waals surface area contributed by atoms with Crippen molar-refractivity contribution in [3.05, 3.63) is 82.4 Å². The van der Waals surface area contributed by atoms with Gasteiger partial charge in [-0.1, -0.05) is 18.2 Å². The lowest BCUT2D eigenvalue weighted by atomic mass is 10.2. The number of carbonyl (C=O) groups is 2. The first-order valence-corrected chi connectivity index (χ1v) is 8.57. The molecule has 0 spiro atoms. The number of phenolic OH excluding ortho intramolecular Hbond substituents is 1. The van der Waals surface area contributed by atoms with Crippen LogP contribution in [0.2, 0.25) is 0 Å². The highest BCUT2D eigenvalue weighted by Gasteiger charge is 2.15. The highest BCUT2D eigenvalue weighted by atomic mass is 32.1. The summed E-state index contributed by atoms with van der Waals surface area (Å²) in [5, 5.41) is 16.6. The van der Waals surface area contributed by atoms with E-state index in [1.807, 2.05) is 0 Å². The van der Waals surface area contributed by atoms with Crippen LogP contribution >= 0.6 is 11.3 Å². The van der Waals surface area contributed by atoms with Crippen molar-refractivity contribution in [2.24, 2.45) is 0 Å². The number of carbonyl (C=O) groups excluding carboxylic acids is 2. The molecule has 3 aromatic rings. The third-order valence-electron chi connectivity index (χ3n) is 3.34. The highest BCUT2D eigenvalue weighted by molar-refractivity contribution is 7.12. The normalized spacial score (nSPS) is 11.0. The maximum Gasteiger partial charge on any atom is 0.272 e. The van der Waals surface area contributed by atoms with Crippen LogP contribution in [0.5, 0.6) is 5.75 Å². The molecule has 130 valence electrons. The first kappa shape index (κ1) is 17.4.